The van der Waals surface area contributed by atoms with Gasteiger partial charge in [-0.2, -0.15) is 20.3 Å². The Kier molecular flexibility index (Phi) is 16.6. The van der Waals surface area contributed by atoms with Crippen molar-refractivity contribution >= 4 is 98.7 Å². The number of nitrogens with two attached hydrogens (primary N) is 1. The maximum atomic E-state index is 12.2. The lowest BCUT2D eigenvalue weighted by atomic mass is 10.1. The molecule has 0 fully saturated rings. The number of benzene rings is 3. The predicted octanol–water partition coefficient (Wildman–Crippen LogP) is 9.01. The number of anilines is 2. The van der Waals surface area contributed by atoms with Crippen LogP contribution in [-0.4, -0.2) is 69.7 Å². The molecule has 0 saturated heterocycles. The topological polar surface area (TPSA) is 386 Å². The van der Waals surface area contributed by atoms with E-state index in [1.807, 2.05) is 25.8 Å². The molecule has 0 saturated carbocycles. The number of nitriles is 2. The first kappa shape index (κ1) is 53.3. The molecular formula is C52H43Cl6N15O11. The number of carbonyl (C=O) groups excluding carboxylic acids is 2. The summed E-state index contributed by atoms with van der Waals surface area (Å²) in [6.45, 7) is 7.31. The lowest BCUT2D eigenvalue weighted by molar-refractivity contribution is -0.114. The van der Waals surface area contributed by atoms with Crippen molar-refractivity contribution < 1.29 is 36.8 Å². The van der Waals surface area contributed by atoms with Crippen LogP contribution in [-0.2, 0) is 28.8 Å². The number of nitrogen functional groups attached to an aromatic ring is 1. The molecule has 3 atom stereocenters. The van der Waals surface area contributed by atoms with Crippen molar-refractivity contribution in [3.63, 3.8) is 0 Å². The molecule has 3 aromatic carbocycles. The Morgan fingerprint density at radius 1 is 0.690 bits per heavy atom. The van der Waals surface area contributed by atoms with E-state index in [2.05, 4.69) is 51.0 Å². The summed E-state index contributed by atoms with van der Waals surface area (Å²) in [7, 11) is 0. The van der Waals surface area contributed by atoms with Crippen LogP contribution in [0.4, 0.5) is 16.2 Å². The molecule has 8 N–H and O–H groups in total. The van der Waals surface area contributed by atoms with Gasteiger partial charge in [-0.05, 0) is 99.5 Å². The summed E-state index contributed by atoms with van der Waals surface area (Å²) in [6.07, 6.45) is 2.91. The van der Waals surface area contributed by atoms with E-state index in [1.165, 1.54) is 19.1 Å². The summed E-state index contributed by atoms with van der Waals surface area (Å²) in [4.78, 5) is 85.0. The van der Waals surface area contributed by atoms with Gasteiger partial charge in [0.2, 0.25) is 29.0 Å². The highest BCUT2D eigenvalue weighted by atomic mass is 35.5. The molecule has 84 heavy (non-hydrogen) atoms. The molecule has 7 aromatic rings. The van der Waals surface area contributed by atoms with Gasteiger partial charge >= 0.3 is 11.8 Å². The minimum absolute atomic E-state index is 0.00250. The molecule has 0 aliphatic heterocycles. The minimum atomic E-state index is -1.17. The third kappa shape index (κ3) is 13.3. The Balaban J connectivity index is 0.000000178. The van der Waals surface area contributed by atoms with Crippen molar-refractivity contribution in [2.75, 3.05) is 17.8 Å². The van der Waals surface area contributed by atoms with Crippen molar-refractivity contribution in [1.29, 1.82) is 10.5 Å². The zero-order valence-corrected chi connectivity index (χ0v) is 48.1. The fraction of sp³-hybridized carbons (Fsp3) is 0.269. The maximum absolute atomic E-state index is 12.2. The smallest absolute Gasteiger partial charge is 0.414 e. The Bertz CT molecular complexity index is 4520. The minimum Gasteiger partial charge on any atom is -0.450 e. The first-order chi connectivity index (χ1) is 42.6. The lowest BCUT2D eigenvalue weighted by Gasteiger charge is -2.14. The van der Waals surface area contributed by atoms with Gasteiger partial charge in [-0.25, -0.2) is 24.9 Å². The average molecular weight is 1270 g/mol. The number of fused-ring (bicyclic) bond motifs is 3. The van der Waals surface area contributed by atoms with Crippen molar-refractivity contribution in [1.82, 2.24) is 50.7 Å². The van der Waals surface area contributed by atoms with Crippen LogP contribution in [0.3, 0.4) is 0 Å². The largest absolute Gasteiger partial charge is 0.450 e. The average Bonchev–Trinajstić information content (AvgIpc) is 0.858. The standard InChI is InChI=1S/C20H18Cl2N6O5.C18H12Cl2N6O4.C14H13Cl2N3O2/c1-3-32-20(31)24-18(30)14(8-23)26-25-10-6-12(21)16(13(22)7-10)33-19-15-9(2)4-5-11(15)17(29)27-28-19;1-7-2-3-9-13(7)17(24-23-15(9)27)30-14-10(19)4-8(5-11(14)20)26-18(29)22-16(28)12(6-21)25-26;1-6-2-3-8-11(6)14(19-18-13(8)20)21-12-9(15)4-7(17)5-10(12)16/h6-7,9,25H,3-5H2,1-2H3,(H,27,29)(H,24,30,31);4-5,7H,2-3H2,1H3,(H,23,27)(H,22,28,29);4-6H,2-3,17H2,1H3,(H,18,20)/b26-14-;;/i6D,7D;2*4D,5D. The Hall–Kier alpha value is -8.76. The monoisotopic (exact) mass is 1270 g/mol. The second-order valence-corrected chi connectivity index (χ2v) is 20.4. The predicted molar refractivity (Wildman–Crippen MR) is 309 cm³/mol. The van der Waals surface area contributed by atoms with Gasteiger partial charge in [0.1, 0.15) is 12.1 Å². The highest BCUT2D eigenvalue weighted by Gasteiger charge is 2.31. The number of ether oxygens (including phenoxy) is 4. The SMILES string of the molecule is [2H]c1c(Cl)c(Oc2n[nH]c(=O)c3c2C(C)CC3)c(Cl)c([2H])c1-n1nc(C#N)c(=O)[nH]c1=O.[2H]c1c(Cl)c(Oc2n[nH]c(=O)c3c2C(C)CC3)c(Cl)c([2H])c1N/N=C(/C#N)C(=O)NC(=O)OCC.[2H]c1c(N)c([2H])c(Cl)c(Oc2n[nH]c(=O)c3c2C(C)CC3)c1Cl. The summed E-state index contributed by atoms with van der Waals surface area (Å²) in [6, 6.07) is 0.462. The van der Waals surface area contributed by atoms with Gasteiger partial charge < -0.3 is 24.7 Å². The van der Waals surface area contributed by atoms with Crippen LogP contribution in [0.15, 0.2) is 65.3 Å². The number of imide groups is 1. The van der Waals surface area contributed by atoms with Gasteiger partial charge in [0, 0.05) is 39.1 Å². The van der Waals surface area contributed by atoms with E-state index in [0.29, 0.717) is 57.3 Å². The summed E-state index contributed by atoms with van der Waals surface area (Å²) in [5, 5.41) is 44.4. The lowest BCUT2D eigenvalue weighted by Crippen LogP contribution is -2.36. The molecule has 3 aliphatic carbocycles. The molecule has 4 heterocycles. The summed E-state index contributed by atoms with van der Waals surface area (Å²) in [5.74, 6) is -1.41. The highest BCUT2D eigenvalue weighted by Crippen LogP contribution is 2.45. The Morgan fingerprint density at radius 3 is 1.49 bits per heavy atom. The molecule has 3 aliphatic rings. The third-order valence-electron chi connectivity index (χ3n) is 12.7. The summed E-state index contributed by atoms with van der Waals surface area (Å²) < 4.78 is 71.1. The number of hydrazone groups is 1. The highest BCUT2D eigenvalue weighted by molar-refractivity contribution is 6.47. The molecule has 0 spiro atoms. The molecule has 3 unspecified atom stereocenters. The van der Waals surface area contributed by atoms with Gasteiger partial charge in [0.25, 0.3) is 28.1 Å². The van der Waals surface area contributed by atoms with Gasteiger partial charge in [-0.15, -0.1) is 20.4 Å². The number of amides is 2. The number of hydrogen-bond acceptors (Lipinski definition) is 20. The Labute approximate surface area is 511 Å². The number of aromatic amines is 4. The second kappa shape index (κ2) is 26.2. The number of aromatic nitrogens is 9. The van der Waals surface area contributed by atoms with Crippen molar-refractivity contribution in [2.45, 2.75) is 84.0 Å². The molecule has 0 radical (unpaired) electrons. The van der Waals surface area contributed by atoms with Crippen LogP contribution in [0.1, 0.15) is 112 Å². The second-order valence-electron chi connectivity index (χ2n) is 18.1. The van der Waals surface area contributed by atoms with Crippen LogP contribution in [0.2, 0.25) is 30.1 Å². The van der Waals surface area contributed by atoms with Gasteiger partial charge in [-0.3, -0.25) is 39.7 Å². The van der Waals surface area contributed by atoms with Crippen LogP contribution in [0.25, 0.3) is 5.69 Å². The number of hydrogen-bond donors (Lipinski definition) is 7. The van der Waals surface area contributed by atoms with Gasteiger partial charge in [0.15, 0.2) is 17.2 Å². The molecule has 10 rings (SSSR count). The van der Waals surface area contributed by atoms with E-state index >= 15 is 0 Å². The molecule has 4 aromatic heterocycles. The van der Waals surface area contributed by atoms with Crippen molar-refractivity contribution in [3.8, 4) is 52.7 Å². The summed E-state index contributed by atoms with van der Waals surface area (Å²) in [5.41, 5.74) is 6.05. The molecule has 26 nitrogen and oxygen atoms in total. The summed E-state index contributed by atoms with van der Waals surface area (Å²) >= 11 is 37.3. The fourth-order valence-electron chi connectivity index (χ4n) is 8.75. The van der Waals surface area contributed by atoms with Gasteiger partial charge in [0.05, 0.1) is 56.3 Å². The number of rotatable bonds is 11. The first-order valence-electron chi connectivity index (χ1n) is 27.5. The van der Waals surface area contributed by atoms with Crippen LogP contribution in [0.5, 0.6) is 34.9 Å². The molecule has 0 bridgehead atoms. The molecule has 2 amide bonds. The van der Waals surface area contributed by atoms with E-state index in [-0.39, 0.29) is 130 Å². The first-order valence-corrected chi connectivity index (χ1v) is 26.8. The normalized spacial score (nSPS) is 16.3. The van der Waals surface area contributed by atoms with E-state index in [9.17, 15) is 33.6 Å². The van der Waals surface area contributed by atoms with E-state index in [4.69, 9.17) is 108 Å². The number of carbonyl (C=O) groups is 2. The van der Waals surface area contributed by atoms with E-state index in [1.54, 1.807) is 5.32 Å². The van der Waals surface area contributed by atoms with Gasteiger partial charge in [-0.1, -0.05) is 90.4 Å². The van der Waals surface area contributed by atoms with Crippen LogP contribution in [0, 0.1) is 22.7 Å². The van der Waals surface area contributed by atoms with Crippen LogP contribution < -0.4 is 58.6 Å². The molecular weight excluding hydrogens is 1220 g/mol. The van der Waals surface area contributed by atoms with Crippen molar-refractivity contribution in [2.24, 2.45) is 5.10 Å². The number of alkyl carbamates (subject to hydrolysis) is 1. The van der Waals surface area contributed by atoms with Crippen molar-refractivity contribution in [3.05, 3.63) is 157 Å². The fourth-order valence-corrected chi connectivity index (χ4v) is 10.3. The molecule has 434 valence electrons. The number of nitrogens with one attached hydrogen (secondary N) is 6. The zero-order chi connectivity index (χ0) is 66.1. The third-order valence-corrected chi connectivity index (χ3v) is 14.3. The number of nitrogens with zero attached hydrogens (tertiary/aromatic N) is 8. The Morgan fingerprint density at radius 2 is 1.10 bits per heavy atom. The molecule has 32 heteroatoms. The zero-order valence-electron chi connectivity index (χ0n) is 49.6. The van der Waals surface area contributed by atoms with E-state index in [0.717, 1.165) is 19.3 Å². The van der Waals surface area contributed by atoms with E-state index < -0.39 is 64.5 Å². The quantitative estimate of drug-likeness (QED) is 0.0360. The maximum Gasteiger partial charge on any atom is 0.414 e. The number of H-pyrrole nitrogens is 4. The number of halogens is 6. The van der Waals surface area contributed by atoms with Crippen LogP contribution >= 0.6 is 69.6 Å².